The predicted octanol–water partition coefficient (Wildman–Crippen LogP) is 7.42. The molecular formula is C29H23ClN4O2. The van der Waals surface area contributed by atoms with E-state index < -0.39 is 0 Å². The summed E-state index contributed by atoms with van der Waals surface area (Å²) < 4.78 is 7.51. The van der Waals surface area contributed by atoms with Gasteiger partial charge in [-0.3, -0.25) is 5.32 Å². The van der Waals surface area contributed by atoms with Crippen LogP contribution in [0.5, 0.6) is 5.75 Å². The van der Waals surface area contributed by atoms with Crippen LogP contribution in [0, 0.1) is 0 Å². The summed E-state index contributed by atoms with van der Waals surface area (Å²) in [5, 5.41) is 11.1. The highest BCUT2D eigenvalue weighted by atomic mass is 35.5. The smallest absolute Gasteiger partial charge is 0.324 e. The molecule has 0 fully saturated rings. The highest BCUT2D eigenvalue weighted by Gasteiger charge is 2.14. The summed E-state index contributed by atoms with van der Waals surface area (Å²) in [7, 11) is 0. The van der Waals surface area contributed by atoms with Crippen LogP contribution in [-0.4, -0.2) is 15.8 Å². The van der Waals surface area contributed by atoms with E-state index in [0.29, 0.717) is 28.8 Å². The maximum absolute atomic E-state index is 12.8. The number of para-hydroxylation sites is 1. The molecule has 0 atom stereocenters. The van der Waals surface area contributed by atoms with Crippen LogP contribution in [0.25, 0.3) is 16.9 Å². The molecule has 0 aliphatic heterocycles. The van der Waals surface area contributed by atoms with Gasteiger partial charge in [-0.2, -0.15) is 5.10 Å². The third-order valence-corrected chi connectivity index (χ3v) is 5.70. The normalized spacial score (nSPS) is 10.6. The summed E-state index contributed by atoms with van der Waals surface area (Å²) in [6.07, 6.45) is 0. The Bertz CT molecular complexity index is 1430. The Labute approximate surface area is 214 Å². The summed E-state index contributed by atoms with van der Waals surface area (Å²) in [5.74, 6) is 1.26. The van der Waals surface area contributed by atoms with Crippen molar-refractivity contribution in [3.8, 4) is 22.7 Å². The van der Waals surface area contributed by atoms with Crippen molar-refractivity contribution in [2.75, 3.05) is 10.6 Å². The van der Waals surface area contributed by atoms with Crippen molar-refractivity contribution >= 4 is 29.1 Å². The van der Waals surface area contributed by atoms with Crippen LogP contribution in [0.1, 0.15) is 5.56 Å². The van der Waals surface area contributed by atoms with Gasteiger partial charge < -0.3 is 10.1 Å². The minimum atomic E-state index is -0.382. The van der Waals surface area contributed by atoms with Gasteiger partial charge in [-0.1, -0.05) is 72.3 Å². The van der Waals surface area contributed by atoms with E-state index in [0.717, 1.165) is 22.6 Å². The highest BCUT2D eigenvalue weighted by molar-refractivity contribution is 6.30. The summed E-state index contributed by atoms with van der Waals surface area (Å²) >= 11 is 6.03. The lowest BCUT2D eigenvalue weighted by atomic mass is 10.1. The van der Waals surface area contributed by atoms with Gasteiger partial charge in [0.25, 0.3) is 0 Å². The SMILES string of the molecule is O=C(Nc1ccc(OCc2ccccc2)cc1)Nc1cc(-c2ccc(Cl)cc2)nn1-c1ccccc1. The predicted molar refractivity (Wildman–Crippen MR) is 144 cm³/mol. The number of aromatic nitrogens is 2. The van der Waals surface area contributed by atoms with Crippen molar-refractivity contribution in [3.05, 3.63) is 126 Å². The summed E-state index contributed by atoms with van der Waals surface area (Å²) in [4.78, 5) is 12.8. The number of rotatable bonds is 7. The second-order valence-corrected chi connectivity index (χ2v) is 8.48. The molecule has 178 valence electrons. The summed E-state index contributed by atoms with van der Waals surface area (Å²) in [6.45, 7) is 0.480. The van der Waals surface area contributed by atoms with Gasteiger partial charge in [0.2, 0.25) is 0 Å². The number of carbonyl (C=O) groups excluding carboxylic acids is 1. The maximum Gasteiger partial charge on any atom is 0.324 e. The Kier molecular flexibility index (Phi) is 6.96. The van der Waals surface area contributed by atoms with Gasteiger partial charge in [0.15, 0.2) is 0 Å². The number of carbonyl (C=O) groups is 1. The van der Waals surface area contributed by atoms with Crippen molar-refractivity contribution in [1.29, 1.82) is 0 Å². The number of nitrogens with zero attached hydrogens (tertiary/aromatic N) is 2. The molecule has 5 rings (SSSR count). The molecule has 0 radical (unpaired) electrons. The van der Waals surface area contributed by atoms with Gasteiger partial charge in [0.05, 0.1) is 11.4 Å². The molecule has 36 heavy (non-hydrogen) atoms. The van der Waals surface area contributed by atoms with Crippen LogP contribution in [0.15, 0.2) is 115 Å². The quantitative estimate of drug-likeness (QED) is 0.247. The lowest BCUT2D eigenvalue weighted by molar-refractivity contribution is 0.262. The lowest BCUT2D eigenvalue weighted by Crippen LogP contribution is -2.21. The number of urea groups is 1. The Morgan fingerprint density at radius 1 is 0.806 bits per heavy atom. The molecular weight excluding hydrogens is 472 g/mol. The number of ether oxygens (including phenoxy) is 1. The van der Waals surface area contributed by atoms with Crippen LogP contribution in [-0.2, 0) is 6.61 Å². The molecule has 2 amide bonds. The zero-order valence-corrected chi connectivity index (χ0v) is 20.0. The van der Waals surface area contributed by atoms with E-state index in [1.54, 1.807) is 16.8 Å². The van der Waals surface area contributed by atoms with Crippen molar-refractivity contribution in [2.45, 2.75) is 6.61 Å². The van der Waals surface area contributed by atoms with Crippen LogP contribution in [0.4, 0.5) is 16.3 Å². The van der Waals surface area contributed by atoms with Gasteiger partial charge in [-0.05, 0) is 54.1 Å². The van der Waals surface area contributed by atoms with E-state index >= 15 is 0 Å². The average Bonchev–Trinajstić information content (AvgIpc) is 3.33. The minimum Gasteiger partial charge on any atom is -0.489 e. The first-order valence-corrected chi connectivity index (χ1v) is 11.8. The van der Waals surface area contributed by atoms with E-state index in [2.05, 4.69) is 10.6 Å². The fourth-order valence-corrected chi connectivity index (χ4v) is 3.78. The first-order valence-electron chi connectivity index (χ1n) is 11.4. The second-order valence-electron chi connectivity index (χ2n) is 8.05. The fraction of sp³-hybridized carbons (Fsp3) is 0.0345. The zero-order chi connectivity index (χ0) is 24.7. The first kappa shape index (κ1) is 23.2. The van der Waals surface area contributed by atoms with Crippen LogP contribution in [0.3, 0.4) is 0 Å². The maximum atomic E-state index is 12.8. The number of anilines is 2. The van der Waals surface area contributed by atoms with E-state index in [1.165, 1.54) is 0 Å². The van der Waals surface area contributed by atoms with E-state index in [4.69, 9.17) is 21.4 Å². The van der Waals surface area contributed by atoms with Gasteiger partial charge in [0.1, 0.15) is 18.2 Å². The van der Waals surface area contributed by atoms with E-state index in [1.807, 2.05) is 103 Å². The average molecular weight is 495 g/mol. The van der Waals surface area contributed by atoms with Gasteiger partial charge in [0, 0.05) is 22.3 Å². The topological polar surface area (TPSA) is 68.2 Å². The molecule has 0 bridgehead atoms. The number of hydrogen-bond acceptors (Lipinski definition) is 3. The monoisotopic (exact) mass is 494 g/mol. The number of hydrogen-bond donors (Lipinski definition) is 2. The summed E-state index contributed by atoms with van der Waals surface area (Å²) in [6, 6.07) is 35.7. The van der Waals surface area contributed by atoms with Gasteiger partial charge >= 0.3 is 6.03 Å². The fourth-order valence-electron chi connectivity index (χ4n) is 3.65. The standard InChI is InChI=1S/C29H23ClN4O2/c30-23-13-11-22(12-14-23)27-19-28(34(33-27)25-9-5-2-6-10-25)32-29(35)31-24-15-17-26(18-16-24)36-20-21-7-3-1-4-8-21/h1-19H,20H2,(H2,31,32,35). The minimum absolute atomic E-state index is 0.382. The molecule has 0 spiro atoms. The third-order valence-electron chi connectivity index (χ3n) is 5.45. The van der Waals surface area contributed by atoms with Gasteiger partial charge in [-0.15, -0.1) is 0 Å². The summed E-state index contributed by atoms with van der Waals surface area (Å²) in [5.41, 5.74) is 4.16. The number of amides is 2. The van der Waals surface area contributed by atoms with Crippen molar-refractivity contribution in [3.63, 3.8) is 0 Å². The Balaban J connectivity index is 1.29. The molecule has 0 aliphatic carbocycles. The second kappa shape index (κ2) is 10.8. The molecule has 1 aromatic heterocycles. The van der Waals surface area contributed by atoms with E-state index in [9.17, 15) is 4.79 Å². The largest absolute Gasteiger partial charge is 0.489 e. The molecule has 1 heterocycles. The molecule has 2 N–H and O–H groups in total. The lowest BCUT2D eigenvalue weighted by Gasteiger charge is -2.11. The highest BCUT2D eigenvalue weighted by Crippen LogP contribution is 2.26. The molecule has 0 unspecified atom stereocenters. The number of halogens is 1. The number of nitrogens with one attached hydrogen (secondary N) is 2. The van der Waals surface area contributed by atoms with Crippen molar-refractivity contribution < 1.29 is 9.53 Å². The Morgan fingerprint density at radius 2 is 1.47 bits per heavy atom. The molecule has 0 aliphatic rings. The third kappa shape index (κ3) is 5.74. The van der Waals surface area contributed by atoms with Gasteiger partial charge in [-0.25, -0.2) is 9.48 Å². The van der Waals surface area contributed by atoms with Crippen LogP contribution < -0.4 is 15.4 Å². The van der Waals surface area contributed by atoms with Crippen molar-refractivity contribution in [1.82, 2.24) is 9.78 Å². The molecule has 0 saturated heterocycles. The molecule has 6 nitrogen and oxygen atoms in total. The number of benzene rings is 4. The molecule has 5 aromatic rings. The Morgan fingerprint density at radius 3 is 2.17 bits per heavy atom. The van der Waals surface area contributed by atoms with Crippen molar-refractivity contribution in [2.24, 2.45) is 0 Å². The van der Waals surface area contributed by atoms with Crippen LogP contribution >= 0.6 is 11.6 Å². The zero-order valence-electron chi connectivity index (χ0n) is 19.3. The Hall–Kier alpha value is -4.55. The molecule has 4 aromatic carbocycles. The first-order chi connectivity index (χ1) is 17.6. The van der Waals surface area contributed by atoms with Crippen LogP contribution in [0.2, 0.25) is 5.02 Å². The van der Waals surface area contributed by atoms with E-state index in [-0.39, 0.29) is 6.03 Å². The molecule has 0 saturated carbocycles. The molecule has 7 heteroatoms.